The first-order valence-electron chi connectivity index (χ1n) is 7.56. The van der Waals surface area contributed by atoms with Gasteiger partial charge in [-0.3, -0.25) is 4.79 Å². The van der Waals surface area contributed by atoms with Crippen molar-refractivity contribution < 1.29 is 4.79 Å². The van der Waals surface area contributed by atoms with Crippen LogP contribution in [0.5, 0.6) is 0 Å². The van der Waals surface area contributed by atoms with Crippen LogP contribution in [0, 0.1) is 6.92 Å². The highest BCUT2D eigenvalue weighted by atomic mass is 35.5. The van der Waals surface area contributed by atoms with Crippen LogP contribution in [0.3, 0.4) is 0 Å². The molecule has 1 aromatic heterocycles. The molecule has 6 heteroatoms. The minimum atomic E-state index is -0.0678. The van der Waals surface area contributed by atoms with Gasteiger partial charge in [0.25, 0.3) is 5.91 Å². The second-order valence-corrected chi connectivity index (χ2v) is 5.58. The van der Waals surface area contributed by atoms with Gasteiger partial charge in [0.05, 0.1) is 11.4 Å². The number of aryl methyl sites for hydroxylation is 1. The SMILES string of the molecule is CCCCN(CC)C(=O)c1nn(-c2cccc(Cl)c2)nc1C. The van der Waals surface area contributed by atoms with Crippen LogP contribution in [0.1, 0.15) is 42.9 Å². The number of unbranched alkanes of at least 4 members (excludes halogenated alkanes) is 1. The van der Waals surface area contributed by atoms with Crippen LogP contribution in [-0.4, -0.2) is 38.9 Å². The average Bonchev–Trinajstić information content (AvgIpc) is 2.90. The van der Waals surface area contributed by atoms with Gasteiger partial charge in [-0.2, -0.15) is 9.90 Å². The maximum Gasteiger partial charge on any atom is 0.276 e. The van der Waals surface area contributed by atoms with Crippen LogP contribution in [-0.2, 0) is 0 Å². The van der Waals surface area contributed by atoms with Crippen molar-refractivity contribution in [2.24, 2.45) is 0 Å². The van der Waals surface area contributed by atoms with Crippen molar-refractivity contribution in [3.8, 4) is 5.69 Å². The average molecular weight is 321 g/mol. The van der Waals surface area contributed by atoms with Gasteiger partial charge >= 0.3 is 0 Å². The van der Waals surface area contributed by atoms with Crippen molar-refractivity contribution in [1.82, 2.24) is 19.9 Å². The van der Waals surface area contributed by atoms with Crippen molar-refractivity contribution in [2.45, 2.75) is 33.6 Å². The Labute approximate surface area is 135 Å². The second-order valence-electron chi connectivity index (χ2n) is 5.14. The minimum Gasteiger partial charge on any atom is -0.337 e. The number of halogens is 1. The minimum absolute atomic E-state index is 0.0678. The van der Waals surface area contributed by atoms with E-state index in [0.717, 1.165) is 25.1 Å². The van der Waals surface area contributed by atoms with Crippen LogP contribution in [0.2, 0.25) is 5.02 Å². The van der Waals surface area contributed by atoms with E-state index in [1.807, 2.05) is 24.0 Å². The summed E-state index contributed by atoms with van der Waals surface area (Å²) in [4.78, 5) is 15.9. The smallest absolute Gasteiger partial charge is 0.276 e. The van der Waals surface area contributed by atoms with E-state index < -0.39 is 0 Å². The second kappa shape index (κ2) is 7.40. The highest BCUT2D eigenvalue weighted by Crippen LogP contribution is 2.15. The Hall–Kier alpha value is -1.88. The molecule has 0 saturated carbocycles. The first-order valence-corrected chi connectivity index (χ1v) is 7.93. The molecular weight excluding hydrogens is 300 g/mol. The number of nitrogens with zero attached hydrogens (tertiary/aromatic N) is 4. The zero-order chi connectivity index (χ0) is 16.1. The largest absolute Gasteiger partial charge is 0.337 e. The van der Waals surface area contributed by atoms with Gasteiger partial charge in [0.1, 0.15) is 0 Å². The third-order valence-corrected chi connectivity index (χ3v) is 3.71. The normalized spacial score (nSPS) is 10.7. The lowest BCUT2D eigenvalue weighted by molar-refractivity contribution is 0.0755. The molecule has 0 atom stereocenters. The van der Waals surface area contributed by atoms with Crippen molar-refractivity contribution >= 4 is 17.5 Å². The number of carbonyl (C=O) groups is 1. The molecule has 5 nitrogen and oxygen atoms in total. The summed E-state index contributed by atoms with van der Waals surface area (Å²) >= 11 is 5.99. The lowest BCUT2D eigenvalue weighted by Gasteiger charge is -2.19. The number of aromatic nitrogens is 3. The maximum atomic E-state index is 12.6. The van der Waals surface area contributed by atoms with Gasteiger partial charge in [-0.05, 0) is 38.5 Å². The molecule has 0 N–H and O–H groups in total. The van der Waals surface area contributed by atoms with Crippen molar-refractivity contribution in [1.29, 1.82) is 0 Å². The summed E-state index contributed by atoms with van der Waals surface area (Å²) in [5, 5.41) is 9.30. The maximum absolute atomic E-state index is 12.6. The van der Waals surface area contributed by atoms with Crippen LogP contribution in [0.25, 0.3) is 5.69 Å². The fourth-order valence-corrected chi connectivity index (χ4v) is 2.38. The Balaban J connectivity index is 2.27. The topological polar surface area (TPSA) is 51.0 Å². The Morgan fingerprint density at radius 2 is 2.09 bits per heavy atom. The van der Waals surface area contributed by atoms with Crippen molar-refractivity contribution in [3.05, 3.63) is 40.7 Å². The third-order valence-electron chi connectivity index (χ3n) is 3.47. The third kappa shape index (κ3) is 3.65. The summed E-state index contributed by atoms with van der Waals surface area (Å²) < 4.78 is 0. The summed E-state index contributed by atoms with van der Waals surface area (Å²) in [7, 11) is 0. The lowest BCUT2D eigenvalue weighted by Crippen LogP contribution is -2.32. The molecule has 0 radical (unpaired) electrons. The summed E-state index contributed by atoms with van der Waals surface area (Å²) in [5.41, 5.74) is 1.77. The standard InChI is InChI=1S/C16H21ClN4O/c1-4-6-10-20(5-2)16(22)15-12(3)18-21(19-15)14-9-7-8-13(17)11-14/h7-9,11H,4-6,10H2,1-3H3. The van der Waals surface area contributed by atoms with E-state index in [1.165, 1.54) is 4.80 Å². The lowest BCUT2D eigenvalue weighted by atomic mass is 10.2. The van der Waals surface area contributed by atoms with E-state index in [4.69, 9.17) is 11.6 Å². The number of carbonyl (C=O) groups excluding carboxylic acids is 1. The van der Waals surface area contributed by atoms with E-state index in [0.29, 0.717) is 23.0 Å². The molecule has 0 aliphatic rings. The molecule has 0 bridgehead atoms. The Morgan fingerprint density at radius 1 is 1.32 bits per heavy atom. The van der Waals surface area contributed by atoms with E-state index in [-0.39, 0.29) is 5.91 Å². The van der Waals surface area contributed by atoms with Gasteiger partial charge in [0.15, 0.2) is 5.69 Å². The summed E-state index contributed by atoms with van der Waals surface area (Å²) in [6.45, 7) is 7.30. The number of hydrogen-bond donors (Lipinski definition) is 0. The Kier molecular flexibility index (Phi) is 5.55. The monoisotopic (exact) mass is 320 g/mol. The van der Waals surface area contributed by atoms with Crippen LogP contribution in [0.4, 0.5) is 0 Å². The Bertz CT molecular complexity index is 653. The number of benzene rings is 1. The van der Waals surface area contributed by atoms with Gasteiger partial charge in [0, 0.05) is 18.1 Å². The summed E-state index contributed by atoms with van der Waals surface area (Å²) in [5.74, 6) is -0.0678. The summed E-state index contributed by atoms with van der Waals surface area (Å²) in [6, 6.07) is 7.24. The van der Waals surface area contributed by atoms with Crippen LogP contribution >= 0.6 is 11.6 Å². The fourth-order valence-electron chi connectivity index (χ4n) is 2.19. The van der Waals surface area contributed by atoms with Crippen LogP contribution < -0.4 is 0 Å². The quantitative estimate of drug-likeness (QED) is 0.818. The van der Waals surface area contributed by atoms with Crippen molar-refractivity contribution in [3.63, 3.8) is 0 Å². The predicted molar refractivity (Wildman–Crippen MR) is 87.6 cm³/mol. The molecule has 0 unspecified atom stereocenters. The number of hydrogen-bond acceptors (Lipinski definition) is 3. The molecule has 0 fully saturated rings. The van der Waals surface area contributed by atoms with E-state index >= 15 is 0 Å². The van der Waals surface area contributed by atoms with E-state index in [9.17, 15) is 4.79 Å². The van der Waals surface area contributed by atoms with Crippen LogP contribution in [0.15, 0.2) is 24.3 Å². The molecule has 1 amide bonds. The van der Waals surface area contributed by atoms with Gasteiger partial charge in [0.2, 0.25) is 0 Å². The molecular formula is C16H21ClN4O. The first kappa shape index (κ1) is 16.5. The zero-order valence-electron chi connectivity index (χ0n) is 13.2. The van der Waals surface area contributed by atoms with Gasteiger partial charge in [-0.1, -0.05) is 31.0 Å². The molecule has 1 aromatic carbocycles. The molecule has 0 saturated heterocycles. The zero-order valence-corrected chi connectivity index (χ0v) is 14.0. The molecule has 2 aromatic rings. The molecule has 0 aliphatic heterocycles. The first-order chi connectivity index (χ1) is 10.6. The predicted octanol–water partition coefficient (Wildman–Crippen LogP) is 3.49. The molecule has 0 spiro atoms. The highest BCUT2D eigenvalue weighted by molar-refractivity contribution is 6.30. The molecule has 1 heterocycles. The summed E-state index contributed by atoms with van der Waals surface area (Å²) in [6.07, 6.45) is 2.04. The van der Waals surface area contributed by atoms with E-state index in [1.54, 1.807) is 19.1 Å². The molecule has 118 valence electrons. The van der Waals surface area contributed by atoms with Gasteiger partial charge in [-0.25, -0.2) is 0 Å². The number of rotatable bonds is 6. The molecule has 0 aliphatic carbocycles. The van der Waals surface area contributed by atoms with Gasteiger partial charge < -0.3 is 4.90 Å². The Morgan fingerprint density at radius 3 is 2.73 bits per heavy atom. The van der Waals surface area contributed by atoms with E-state index in [2.05, 4.69) is 17.1 Å². The highest BCUT2D eigenvalue weighted by Gasteiger charge is 2.21. The fraction of sp³-hybridized carbons (Fsp3) is 0.438. The molecule has 22 heavy (non-hydrogen) atoms. The molecule has 2 rings (SSSR count). The van der Waals surface area contributed by atoms with Crippen molar-refractivity contribution in [2.75, 3.05) is 13.1 Å². The van der Waals surface area contributed by atoms with Gasteiger partial charge in [-0.15, -0.1) is 5.10 Å². The number of amides is 1.